The van der Waals surface area contributed by atoms with Gasteiger partial charge in [0.15, 0.2) is 0 Å². The second kappa shape index (κ2) is 8.60. The number of likely N-dealkylation sites (tertiary alicyclic amines) is 1. The third kappa shape index (κ3) is 4.59. The van der Waals surface area contributed by atoms with E-state index in [1.165, 1.54) is 63.6 Å². The maximum absolute atomic E-state index is 2.79. The molecule has 2 unspecified atom stereocenters. The van der Waals surface area contributed by atoms with Gasteiger partial charge in [0.2, 0.25) is 0 Å². The van der Waals surface area contributed by atoms with Crippen molar-refractivity contribution < 1.29 is 0 Å². The quantitative estimate of drug-likeness (QED) is 0.718. The number of hydrogen-bond donors (Lipinski definition) is 0. The second-order valence-corrected chi connectivity index (χ2v) is 6.40. The second-order valence-electron chi connectivity index (χ2n) is 6.40. The van der Waals surface area contributed by atoms with Crippen LogP contribution in [-0.2, 0) is 6.42 Å². The SMILES string of the molecule is C1=CCC(C(Cc2ccccc2)N2CCCCC2)CC1.Cl. The summed E-state index contributed by atoms with van der Waals surface area (Å²) in [7, 11) is 0. The van der Waals surface area contributed by atoms with Crippen LogP contribution in [0.2, 0.25) is 0 Å². The lowest BCUT2D eigenvalue weighted by Gasteiger charge is -2.40. The molecule has 0 aromatic heterocycles. The molecule has 0 saturated carbocycles. The van der Waals surface area contributed by atoms with E-state index in [9.17, 15) is 0 Å². The van der Waals surface area contributed by atoms with Crippen molar-refractivity contribution in [2.24, 2.45) is 5.92 Å². The summed E-state index contributed by atoms with van der Waals surface area (Å²) in [6, 6.07) is 11.9. The maximum atomic E-state index is 2.79. The van der Waals surface area contributed by atoms with Crippen LogP contribution in [0.15, 0.2) is 42.5 Å². The van der Waals surface area contributed by atoms with Gasteiger partial charge >= 0.3 is 0 Å². The van der Waals surface area contributed by atoms with Crippen molar-refractivity contribution >= 4 is 12.4 Å². The van der Waals surface area contributed by atoms with Crippen molar-refractivity contribution in [3.63, 3.8) is 0 Å². The molecule has 0 radical (unpaired) electrons. The van der Waals surface area contributed by atoms with Gasteiger partial charge in [0.1, 0.15) is 0 Å². The van der Waals surface area contributed by atoms with Crippen molar-refractivity contribution in [2.75, 3.05) is 13.1 Å². The van der Waals surface area contributed by atoms with Crippen LogP contribution < -0.4 is 0 Å². The minimum absolute atomic E-state index is 0. The Hall–Kier alpha value is -0.790. The number of benzene rings is 1. The molecule has 1 aromatic carbocycles. The molecule has 0 N–H and O–H groups in total. The maximum Gasteiger partial charge on any atom is 0.0167 e. The predicted molar refractivity (Wildman–Crippen MR) is 93.1 cm³/mol. The summed E-state index contributed by atoms with van der Waals surface area (Å²) >= 11 is 0. The minimum Gasteiger partial charge on any atom is -0.300 e. The van der Waals surface area contributed by atoms with E-state index in [0.717, 1.165) is 12.0 Å². The molecule has 1 heterocycles. The van der Waals surface area contributed by atoms with Crippen molar-refractivity contribution in [1.29, 1.82) is 0 Å². The summed E-state index contributed by atoms with van der Waals surface area (Å²) < 4.78 is 0. The van der Waals surface area contributed by atoms with Crippen molar-refractivity contribution in [3.8, 4) is 0 Å². The largest absolute Gasteiger partial charge is 0.300 e. The smallest absolute Gasteiger partial charge is 0.0167 e. The van der Waals surface area contributed by atoms with E-state index in [2.05, 4.69) is 47.4 Å². The molecule has 21 heavy (non-hydrogen) atoms. The Bertz CT molecular complexity index is 422. The summed E-state index contributed by atoms with van der Waals surface area (Å²) in [4.78, 5) is 2.79. The topological polar surface area (TPSA) is 3.24 Å². The van der Waals surface area contributed by atoms with Gasteiger partial charge in [-0.2, -0.15) is 0 Å². The number of halogens is 1. The molecule has 2 heteroatoms. The average Bonchev–Trinajstić information content (AvgIpc) is 2.55. The number of piperidine rings is 1. The van der Waals surface area contributed by atoms with Gasteiger partial charge in [0, 0.05) is 6.04 Å². The molecule has 116 valence electrons. The lowest BCUT2D eigenvalue weighted by atomic mass is 9.83. The monoisotopic (exact) mass is 305 g/mol. The Morgan fingerprint density at radius 3 is 2.43 bits per heavy atom. The van der Waals surface area contributed by atoms with E-state index >= 15 is 0 Å². The molecule has 1 aliphatic heterocycles. The molecular weight excluding hydrogens is 278 g/mol. The fourth-order valence-electron chi connectivity index (χ4n) is 3.87. The van der Waals surface area contributed by atoms with Gasteiger partial charge in [-0.05, 0) is 63.1 Å². The Balaban J connectivity index is 0.00000161. The molecule has 3 rings (SSSR count). The first-order valence-electron chi connectivity index (χ1n) is 8.36. The van der Waals surface area contributed by atoms with Gasteiger partial charge in [-0.15, -0.1) is 12.4 Å². The molecular formula is C19H28ClN. The zero-order chi connectivity index (χ0) is 13.6. The fraction of sp³-hybridized carbons (Fsp3) is 0.579. The molecule has 1 fully saturated rings. The van der Waals surface area contributed by atoms with Gasteiger partial charge in [-0.25, -0.2) is 0 Å². The van der Waals surface area contributed by atoms with Crippen molar-refractivity contribution in [3.05, 3.63) is 48.0 Å². The number of nitrogens with zero attached hydrogens (tertiary/aromatic N) is 1. The third-order valence-electron chi connectivity index (χ3n) is 5.00. The lowest BCUT2D eigenvalue weighted by molar-refractivity contribution is 0.110. The highest BCUT2D eigenvalue weighted by Gasteiger charge is 2.28. The summed E-state index contributed by atoms with van der Waals surface area (Å²) in [5.41, 5.74) is 1.51. The van der Waals surface area contributed by atoms with Gasteiger partial charge < -0.3 is 0 Å². The van der Waals surface area contributed by atoms with E-state index in [1.807, 2.05) is 0 Å². The van der Waals surface area contributed by atoms with Gasteiger partial charge in [-0.1, -0.05) is 48.9 Å². The zero-order valence-electron chi connectivity index (χ0n) is 12.9. The molecule has 0 spiro atoms. The number of allylic oxidation sites excluding steroid dienone is 2. The van der Waals surface area contributed by atoms with Crippen LogP contribution in [-0.4, -0.2) is 24.0 Å². The van der Waals surface area contributed by atoms with E-state index < -0.39 is 0 Å². The first kappa shape index (κ1) is 16.6. The number of rotatable bonds is 4. The molecule has 1 aromatic rings. The van der Waals surface area contributed by atoms with Gasteiger partial charge in [-0.3, -0.25) is 4.90 Å². The van der Waals surface area contributed by atoms with E-state index in [4.69, 9.17) is 0 Å². The van der Waals surface area contributed by atoms with Crippen LogP contribution in [0.4, 0.5) is 0 Å². The highest BCUT2D eigenvalue weighted by atomic mass is 35.5. The first-order chi connectivity index (χ1) is 9.93. The molecule has 1 aliphatic carbocycles. The summed E-state index contributed by atoms with van der Waals surface area (Å²) in [6.45, 7) is 2.63. The molecule has 2 aliphatic rings. The fourth-order valence-corrected chi connectivity index (χ4v) is 3.87. The zero-order valence-corrected chi connectivity index (χ0v) is 13.7. The van der Waals surface area contributed by atoms with Crippen LogP contribution in [0, 0.1) is 5.92 Å². The highest BCUT2D eigenvalue weighted by Crippen LogP contribution is 2.29. The molecule has 2 atom stereocenters. The van der Waals surface area contributed by atoms with Crippen LogP contribution >= 0.6 is 12.4 Å². The summed E-state index contributed by atoms with van der Waals surface area (Å²) in [5.74, 6) is 0.860. The van der Waals surface area contributed by atoms with E-state index in [0.29, 0.717) is 0 Å². The van der Waals surface area contributed by atoms with E-state index in [-0.39, 0.29) is 12.4 Å². The Kier molecular flexibility index (Phi) is 6.79. The molecule has 0 bridgehead atoms. The first-order valence-corrected chi connectivity index (χ1v) is 8.36. The lowest BCUT2D eigenvalue weighted by Crippen LogP contribution is -2.45. The Morgan fingerprint density at radius 1 is 1.00 bits per heavy atom. The Labute approximate surface area is 135 Å². The predicted octanol–water partition coefficient (Wildman–Crippen LogP) is 4.86. The van der Waals surface area contributed by atoms with Crippen LogP contribution in [0.25, 0.3) is 0 Å². The summed E-state index contributed by atoms with van der Waals surface area (Å²) in [5, 5.41) is 0. The van der Waals surface area contributed by atoms with Crippen LogP contribution in [0.3, 0.4) is 0 Å². The van der Waals surface area contributed by atoms with Crippen LogP contribution in [0.1, 0.15) is 44.1 Å². The normalized spacial score (nSPS) is 24.3. The van der Waals surface area contributed by atoms with Crippen LogP contribution in [0.5, 0.6) is 0 Å². The van der Waals surface area contributed by atoms with E-state index in [1.54, 1.807) is 0 Å². The van der Waals surface area contributed by atoms with Crippen molar-refractivity contribution in [2.45, 2.75) is 51.0 Å². The third-order valence-corrected chi connectivity index (χ3v) is 5.00. The van der Waals surface area contributed by atoms with Gasteiger partial charge in [0.25, 0.3) is 0 Å². The molecule has 1 nitrogen and oxygen atoms in total. The average molecular weight is 306 g/mol. The minimum atomic E-state index is 0. The summed E-state index contributed by atoms with van der Waals surface area (Å²) in [6.07, 6.45) is 14.2. The molecule has 0 amide bonds. The molecule has 1 saturated heterocycles. The van der Waals surface area contributed by atoms with Gasteiger partial charge in [0.05, 0.1) is 0 Å². The standard InChI is InChI=1S/C19H27N.ClH/c1-4-10-17(11-5-1)16-19(18-12-6-2-7-13-18)20-14-8-3-9-15-20;/h1-2,4-6,10-11,18-19H,3,7-9,12-16H2;1H. The number of hydrogen-bond acceptors (Lipinski definition) is 1. The Morgan fingerprint density at radius 2 is 1.76 bits per heavy atom. The highest BCUT2D eigenvalue weighted by molar-refractivity contribution is 5.85. The van der Waals surface area contributed by atoms with Crippen molar-refractivity contribution in [1.82, 2.24) is 4.90 Å².